The maximum Gasteiger partial charge on any atom is 0.310 e. The molecule has 1 fully saturated rings. The summed E-state index contributed by atoms with van der Waals surface area (Å²) in [5, 5.41) is 9.03. The van der Waals surface area contributed by atoms with Gasteiger partial charge in [-0.3, -0.25) is 9.59 Å². The van der Waals surface area contributed by atoms with Gasteiger partial charge in [-0.25, -0.2) is 0 Å². The molecule has 0 aliphatic carbocycles. The van der Waals surface area contributed by atoms with Crippen molar-refractivity contribution >= 4 is 11.8 Å². The number of ether oxygens (including phenoxy) is 3. The molecule has 0 saturated carbocycles. The Kier molecular flexibility index (Phi) is 5.74. The number of carboxylic acid groups (broad SMARTS) is 1. The van der Waals surface area contributed by atoms with Gasteiger partial charge in [-0.05, 0) is 32.3 Å². The van der Waals surface area contributed by atoms with E-state index in [1.165, 1.54) is 7.11 Å². The van der Waals surface area contributed by atoms with Crippen molar-refractivity contribution in [3.05, 3.63) is 35.9 Å². The number of hydrogen-bond donors (Lipinski definition) is 1. The van der Waals surface area contributed by atoms with Gasteiger partial charge in [-0.2, -0.15) is 0 Å². The van der Waals surface area contributed by atoms with Gasteiger partial charge in [0.2, 0.25) is 0 Å². The highest BCUT2D eigenvalue weighted by Crippen LogP contribution is 2.35. The van der Waals surface area contributed by atoms with Gasteiger partial charge in [0, 0.05) is 7.11 Å². The number of Topliss-reactive ketones (excluding diaryl/α,β-unsaturated/α-hetero) is 1. The minimum atomic E-state index is -1.35. The van der Waals surface area contributed by atoms with Gasteiger partial charge < -0.3 is 19.3 Å². The lowest BCUT2D eigenvalue weighted by Crippen LogP contribution is -2.53. The molecule has 24 heavy (non-hydrogen) atoms. The van der Waals surface area contributed by atoms with Crippen LogP contribution in [0.25, 0.3) is 0 Å². The molecule has 2 rings (SSSR count). The summed E-state index contributed by atoms with van der Waals surface area (Å²) in [4.78, 5) is 23.7. The first kappa shape index (κ1) is 18.6. The first-order chi connectivity index (χ1) is 11.3. The maximum absolute atomic E-state index is 12.7. The Morgan fingerprint density at radius 1 is 1.33 bits per heavy atom. The molecule has 2 unspecified atom stereocenters. The number of ketones is 1. The lowest BCUT2D eigenvalue weighted by molar-refractivity contribution is -0.185. The van der Waals surface area contributed by atoms with Crippen LogP contribution in [0.2, 0.25) is 0 Å². The quantitative estimate of drug-likeness (QED) is 0.733. The molecule has 1 aliphatic heterocycles. The second-order valence-electron chi connectivity index (χ2n) is 6.39. The predicted octanol–water partition coefficient (Wildman–Crippen LogP) is 2.20. The highest BCUT2D eigenvalue weighted by Gasteiger charge is 2.52. The molecule has 1 aliphatic rings. The van der Waals surface area contributed by atoms with Gasteiger partial charge in [0.15, 0.2) is 17.2 Å². The van der Waals surface area contributed by atoms with E-state index in [1.807, 2.05) is 30.3 Å². The van der Waals surface area contributed by atoms with E-state index >= 15 is 0 Å². The first-order valence-corrected chi connectivity index (χ1v) is 7.95. The zero-order chi connectivity index (χ0) is 17.8. The van der Waals surface area contributed by atoms with Crippen molar-refractivity contribution in [1.29, 1.82) is 0 Å². The van der Waals surface area contributed by atoms with Crippen LogP contribution in [0.15, 0.2) is 30.3 Å². The summed E-state index contributed by atoms with van der Waals surface area (Å²) in [6, 6.07) is 9.66. The van der Waals surface area contributed by atoms with Gasteiger partial charge >= 0.3 is 5.97 Å². The molecule has 2 atom stereocenters. The Morgan fingerprint density at radius 2 is 2.00 bits per heavy atom. The first-order valence-electron chi connectivity index (χ1n) is 7.95. The number of carboxylic acids is 1. The van der Waals surface area contributed by atoms with Crippen LogP contribution in [-0.2, 0) is 30.2 Å². The van der Waals surface area contributed by atoms with Gasteiger partial charge in [0.05, 0.1) is 6.61 Å². The third kappa shape index (κ3) is 4.20. The van der Waals surface area contributed by atoms with Crippen LogP contribution in [0, 0.1) is 0 Å². The number of hydrogen-bond acceptors (Lipinski definition) is 5. The minimum Gasteiger partial charge on any atom is -0.481 e. The molecule has 0 spiro atoms. The molecular formula is C18H24O6. The monoisotopic (exact) mass is 336 g/mol. The number of aryl methyl sites for hydroxylation is 1. The van der Waals surface area contributed by atoms with Gasteiger partial charge in [0.25, 0.3) is 0 Å². The third-order valence-corrected chi connectivity index (χ3v) is 4.30. The molecule has 1 heterocycles. The number of rotatable bonds is 8. The minimum absolute atomic E-state index is 0.182. The Hall–Kier alpha value is -1.76. The molecule has 0 amide bonds. The average molecular weight is 336 g/mol. The molecule has 1 N–H and O–H groups in total. The molecule has 0 radical (unpaired) electrons. The fraction of sp³-hybridized carbons (Fsp3) is 0.556. The van der Waals surface area contributed by atoms with Crippen LogP contribution >= 0.6 is 0 Å². The van der Waals surface area contributed by atoms with Crippen LogP contribution in [0.1, 0.15) is 32.3 Å². The molecule has 6 nitrogen and oxygen atoms in total. The Balaban J connectivity index is 2.25. The average Bonchev–Trinajstić information content (AvgIpc) is 2.89. The van der Waals surface area contributed by atoms with Crippen molar-refractivity contribution < 1.29 is 28.9 Å². The number of methoxy groups -OCH3 is 1. The maximum atomic E-state index is 12.7. The van der Waals surface area contributed by atoms with Crippen molar-refractivity contribution in [3.8, 4) is 0 Å². The van der Waals surface area contributed by atoms with Crippen molar-refractivity contribution in [2.75, 3.05) is 13.7 Å². The second-order valence-corrected chi connectivity index (χ2v) is 6.39. The Morgan fingerprint density at radius 3 is 2.50 bits per heavy atom. The van der Waals surface area contributed by atoms with Crippen LogP contribution in [-0.4, -0.2) is 48.1 Å². The van der Waals surface area contributed by atoms with E-state index in [0.717, 1.165) is 5.56 Å². The van der Waals surface area contributed by atoms with E-state index in [0.29, 0.717) is 12.8 Å². The molecule has 132 valence electrons. The third-order valence-electron chi connectivity index (χ3n) is 4.30. The number of carbonyl (C=O) groups excluding carboxylic acids is 1. The SMILES string of the molecule is COC(CCc1ccccc1)(C(=O)CC(=O)O)C1COC(C)(C)O1. The molecule has 0 aromatic heterocycles. The lowest BCUT2D eigenvalue weighted by atomic mass is 9.84. The van der Waals surface area contributed by atoms with Crippen LogP contribution in [0.4, 0.5) is 0 Å². The zero-order valence-corrected chi connectivity index (χ0v) is 14.3. The number of benzene rings is 1. The zero-order valence-electron chi connectivity index (χ0n) is 14.3. The summed E-state index contributed by atoms with van der Waals surface area (Å²) in [5.41, 5.74) is -0.303. The van der Waals surface area contributed by atoms with Crippen molar-refractivity contribution in [2.45, 2.75) is 50.6 Å². The van der Waals surface area contributed by atoms with Crippen molar-refractivity contribution in [2.24, 2.45) is 0 Å². The highest BCUT2D eigenvalue weighted by atomic mass is 16.8. The standard InChI is InChI=1S/C18H24O6/c1-17(2)23-12-15(24-17)18(22-3,14(19)11-16(20)21)10-9-13-7-5-4-6-8-13/h4-8,15H,9-12H2,1-3H3,(H,20,21). The Bertz CT molecular complexity index is 582. The fourth-order valence-corrected chi connectivity index (χ4v) is 3.01. The summed E-state index contributed by atoms with van der Waals surface area (Å²) in [6.07, 6.45) is -0.361. The summed E-state index contributed by atoms with van der Waals surface area (Å²) in [6.45, 7) is 3.69. The van der Waals surface area contributed by atoms with E-state index in [4.69, 9.17) is 19.3 Å². The normalized spacial score (nSPS) is 22.0. The van der Waals surface area contributed by atoms with Crippen molar-refractivity contribution in [1.82, 2.24) is 0 Å². The predicted molar refractivity (Wildman–Crippen MR) is 86.7 cm³/mol. The van der Waals surface area contributed by atoms with Crippen LogP contribution in [0.3, 0.4) is 0 Å². The summed E-state index contributed by atoms with van der Waals surface area (Å²) in [7, 11) is 1.42. The topological polar surface area (TPSA) is 82.1 Å². The van der Waals surface area contributed by atoms with Crippen LogP contribution < -0.4 is 0 Å². The summed E-state index contributed by atoms with van der Waals surface area (Å²) < 4.78 is 17.0. The molecule has 1 saturated heterocycles. The number of carbonyl (C=O) groups is 2. The van der Waals surface area contributed by atoms with E-state index < -0.39 is 35.7 Å². The molecular weight excluding hydrogens is 312 g/mol. The lowest BCUT2D eigenvalue weighted by Gasteiger charge is -2.35. The van der Waals surface area contributed by atoms with E-state index in [-0.39, 0.29) is 6.61 Å². The van der Waals surface area contributed by atoms with E-state index in [9.17, 15) is 9.59 Å². The Labute approximate surface area is 141 Å². The largest absolute Gasteiger partial charge is 0.481 e. The van der Waals surface area contributed by atoms with Gasteiger partial charge in [-0.1, -0.05) is 30.3 Å². The number of aliphatic carboxylic acids is 1. The molecule has 0 bridgehead atoms. The smallest absolute Gasteiger partial charge is 0.310 e. The van der Waals surface area contributed by atoms with Crippen LogP contribution in [0.5, 0.6) is 0 Å². The van der Waals surface area contributed by atoms with Gasteiger partial charge in [0.1, 0.15) is 12.5 Å². The summed E-state index contributed by atoms with van der Waals surface area (Å²) in [5.74, 6) is -2.51. The second kappa shape index (κ2) is 7.42. The molecule has 6 heteroatoms. The summed E-state index contributed by atoms with van der Waals surface area (Å²) >= 11 is 0. The fourth-order valence-electron chi connectivity index (χ4n) is 3.01. The van der Waals surface area contributed by atoms with E-state index in [1.54, 1.807) is 13.8 Å². The highest BCUT2D eigenvalue weighted by molar-refractivity contribution is 6.00. The molecule has 1 aromatic carbocycles. The van der Waals surface area contributed by atoms with E-state index in [2.05, 4.69) is 0 Å². The van der Waals surface area contributed by atoms with Gasteiger partial charge in [-0.15, -0.1) is 0 Å². The van der Waals surface area contributed by atoms with Crippen molar-refractivity contribution in [3.63, 3.8) is 0 Å². The molecule has 1 aromatic rings.